The van der Waals surface area contributed by atoms with Gasteiger partial charge in [-0.3, -0.25) is 14.7 Å². The van der Waals surface area contributed by atoms with E-state index in [4.69, 9.17) is 0 Å². The first-order valence-corrected chi connectivity index (χ1v) is 9.58. The van der Waals surface area contributed by atoms with Crippen molar-refractivity contribution in [2.45, 2.75) is 70.6 Å². The smallest absolute Gasteiger partial charge is 0.336 e. The van der Waals surface area contributed by atoms with Crippen molar-refractivity contribution in [3.8, 4) is 0 Å². The molecule has 1 N–H and O–H groups in total. The summed E-state index contributed by atoms with van der Waals surface area (Å²) in [6.07, 6.45) is -2.40. The van der Waals surface area contributed by atoms with Gasteiger partial charge in [-0.05, 0) is 45.4 Å². The molecule has 2 atom stereocenters. The number of H-pyrrole nitrogens is 1. The maximum atomic E-state index is 13.1. The summed E-state index contributed by atoms with van der Waals surface area (Å²) in [6, 6.07) is 1.18. The van der Waals surface area contributed by atoms with Gasteiger partial charge in [0.15, 0.2) is 5.65 Å². The van der Waals surface area contributed by atoms with Gasteiger partial charge in [0.25, 0.3) is 5.56 Å². The molecule has 2 aliphatic rings. The summed E-state index contributed by atoms with van der Waals surface area (Å²) in [7, 11) is 0. The minimum atomic E-state index is -4.15. The van der Waals surface area contributed by atoms with Crippen molar-refractivity contribution >= 4 is 11.6 Å². The average molecular weight is 396 g/mol. The number of hydrogen-bond acceptors (Lipinski definition) is 3. The second kappa shape index (κ2) is 6.63. The second-order valence-corrected chi connectivity index (χ2v) is 8.09. The van der Waals surface area contributed by atoms with Crippen LogP contribution in [0.5, 0.6) is 0 Å². The Balaban J connectivity index is 1.54. The molecular weight excluding hydrogens is 373 g/mol. The summed E-state index contributed by atoms with van der Waals surface area (Å²) >= 11 is 0. The molecule has 152 valence electrons. The van der Waals surface area contributed by atoms with Crippen molar-refractivity contribution < 1.29 is 18.0 Å². The lowest BCUT2D eigenvalue weighted by molar-refractivity contribution is -0.152. The molecule has 2 unspecified atom stereocenters. The van der Waals surface area contributed by atoms with Crippen molar-refractivity contribution in [1.82, 2.24) is 19.5 Å². The highest BCUT2D eigenvalue weighted by molar-refractivity contribution is 5.80. The summed E-state index contributed by atoms with van der Waals surface area (Å²) in [5.41, 5.74) is 2.43. The highest BCUT2D eigenvalue weighted by atomic mass is 19.4. The van der Waals surface area contributed by atoms with E-state index >= 15 is 0 Å². The first kappa shape index (κ1) is 19.0. The molecule has 0 aromatic carbocycles. The van der Waals surface area contributed by atoms with Gasteiger partial charge in [0.05, 0.1) is 6.42 Å². The maximum Gasteiger partial charge on any atom is 0.389 e. The number of halogens is 3. The van der Waals surface area contributed by atoms with Gasteiger partial charge in [-0.15, -0.1) is 0 Å². The number of rotatable bonds is 3. The van der Waals surface area contributed by atoms with E-state index in [-0.39, 0.29) is 30.0 Å². The van der Waals surface area contributed by atoms with E-state index in [1.165, 1.54) is 6.07 Å². The van der Waals surface area contributed by atoms with Crippen LogP contribution in [0.1, 0.15) is 49.1 Å². The molecule has 0 radical (unpaired) electrons. The normalized spacial score (nSPS) is 24.9. The predicted molar refractivity (Wildman–Crippen MR) is 96.0 cm³/mol. The molecule has 2 bridgehead atoms. The number of aryl methyl sites for hydroxylation is 2. The summed E-state index contributed by atoms with van der Waals surface area (Å²) in [5.74, 6) is -0.465. The average Bonchev–Trinajstić information content (AvgIpc) is 3.07. The molecule has 0 spiro atoms. The largest absolute Gasteiger partial charge is 0.389 e. The van der Waals surface area contributed by atoms with E-state index in [9.17, 15) is 22.8 Å². The Morgan fingerprint density at radius 1 is 1.25 bits per heavy atom. The third-order valence-corrected chi connectivity index (χ3v) is 6.17. The summed E-state index contributed by atoms with van der Waals surface area (Å²) in [5, 5.41) is 2.67. The SMILES string of the molecule is Cc1nc2cc(=O)[nH]n2c(C)c1CC(=O)N1C2CCC1CC(CC(F)(F)F)C2. The number of carbonyl (C=O) groups excluding carboxylic acids is 1. The summed E-state index contributed by atoms with van der Waals surface area (Å²) in [6.45, 7) is 3.63. The molecule has 9 heteroatoms. The maximum absolute atomic E-state index is 13.1. The quantitative estimate of drug-likeness (QED) is 0.867. The molecular formula is C19H23F3N4O2. The van der Waals surface area contributed by atoms with Crippen LogP contribution in [0.4, 0.5) is 13.2 Å². The Hall–Kier alpha value is -2.32. The lowest BCUT2D eigenvalue weighted by Crippen LogP contribution is -2.47. The zero-order valence-corrected chi connectivity index (χ0v) is 15.8. The molecule has 2 fully saturated rings. The van der Waals surface area contributed by atoms with E-state index in [0.717, 1.165) is 24.1 Å². The zero-order valence-electron chi connectivity index (χ0n) is 15.8. The number of amides is 1. The molecule has 28 heavy (non-hydrogen) atoms. The number of carbonyl (C=O) groups is 1. The van der Waals surface area contributed by atoms with Crippen LogP contribution in [0.25, 0.3) is 5.65 Å². The Labute approximate surface area is 159 Å². The van der Waals surface area contributed by atoms with Crippen LogP contribution >= 0.6 is 0 Å². The van der Waals surface area contributed by atoms with Gasteiger partial charge in [-0.2, -0.15) is 13.2 Å². The van der Waals surface area contributed by atoms with Crippen LogP contribution < -0.4 is 5.56 Å². The fourth-order valence-corrected chi connectivity index (χ4v) is 5.04. The fourth-order valence-electron chi connectivity index (χ4n) is 5.04. The fraction of sp³-hybridized carbons (Fsp3) is 0.632. The standard InChI is InChI=1S/C19H23F3N4O2/c1-10-15(11(2)26-16(23-10)8-17(27)24-26)7-18(28)25-13-3-4-14(25)6-12(5-13)9-19(20,21)22/h8,12-14H,3-7,9H2,1-2H3,(H,24,27). The first-order chi connectivity index (χ1) is 13.1. The van der Waals surface area contributed by atoms with Crippen LogP contribution in [0.15, 0.2) is 10.9 Å². The van der Waals surface area contributed by atoms with Crippen LogP contribution in [-0.2, 0) is 11.2 Å². The number of nitrogens with one attached hydrogen (secondary N) is 1. The third-order valence-electron chi connectivity index (χ3n) is 6.17. The Morgan fingerprint density at radius 2 is 1.89 bits per heavy atom. The molecule has 1 amide bonds. The monoisotopic (exact) mass is 396 g/mol. The number of alkyl halides is 3. The van der Waals surface area contributed by atoms with E-state index in [0.29, 0.717) is 24.2 Å². The lowest BCUT2D eigenvalue weighted by Gasteiger charge is -2.39. The Morgan fingerprint density at radius 3 is 2.50 bits per heavy atom. The molecule has 2 aromatic rings. The van der Waals surface area contributed by atoms with Gasteiger partial charge in [-0.1, -0.05) is 0 Å². The minimum absolute atomic E-state index is 0.0696. The number of fused-ring (bicyclic) bond motifs is 3. The van der Waals surface area contributed by atoms with Gasteiger partial charge in [0, 0.05) is 41.5 Å². The highest BCUT2D eigenvalue weighted by Gasteiger charge is 2.45. The van der Waals surface area contributed by atoms with Gasteiger partial charge >= 0.3 is 6.18 Å². The van der Waals surface area contributed by atoms with Gasteiger partial charge in [0.2, 0.25) is 5.91 Å². The second-order valence-electron chi connectivity index (χ2n) is 8.09. The number of aromatic amines is 1. The minimum Gasteiger partial charge on any atom is -0.336 e. The Kier molecular flexibility index (Phi) is 4.50. The predicted octanol–water partition coefficient (Wildman–Crippen LogP) is 2.90. The van der Waals surface area contributed by atoms with E-state index in [2.05, 4.69) is 10.1 Å². The van der Waals surface area contributed by atoms with Crippen molar-refractivity contribution in [3.63, 3.8) is 0 Å². The highest BCUT2D eigenvalue weighted by Crippen LogP contribution is 2.43. The molecule has 6 nitrogen and oxygen atoms in total. The zero-order chi connectivity index (χ0) is 20.2. The topological polar surface area (TPSA) is 70.5 Å². The summed E-state index contributed by atoms with van der Waals surface area (Å²) < 4.78 is 39.9. The van der Waals surface area contributed by atoms with Crippen LogP contribution in [-0.4, -0.2) is 43.7 Å². The summed E-state index contributed by atoms with van der Waals surface area (Å²) in [4.78, 5) is 30.9. The van der Waals surface area contributed by atoms with Crippen LogP contribution in [0.3, 0.4) is 0 Å². The molecule has 0 saturated carbocycles. The number of hydrogen-bond donors (Lipinski definition) is 1. The molecule has 0 aliphatic carbocycles. The van der Waals surface area contributed by atoms with Crippen LogP contribution in [0.2, 0.25) is 0 Å². The van der Waals surface area contributed by atoms with Gasteiger partial charge in [0.1, 0.15) is 0 Å². The number of nitrogens with zero attached hydrogens (tertiary/aromatic N) is 3. The molecule has 2 aromatic heterocycles. The number of piperidine rings is 1. The first-order valence-electron chi connectivity index (χ1n) is 9.58. The van der Waals surface area contributed by atoms with Crippen molar-refractivity contribution in [1.29, 1.82) is 0 Å². The lowest BCUT2D eigenvalue weighted by atomic mass is 9.87. The molecule has 2 saturated heterocycles. The molecule has 2 aliphatic heterocycles. The van der Waals surface area contributed by atoms with Crippen LogP contribution in [0, 0.1) is 19.8 Å². The molecule has 4 rings (SSSR count). The van der Waals surface area contributed by atoms with E-state index in [1.54, 1.807) is 11.4 Å². The van der Waals surface area contributed by atoms with Gasteiger partial charge in [-0.25, -0.2) is 9.50 Å². The Bertz CT molecular complexity index is 964. The number of aromatic nitrogens is 3. The van der Waals surface area contributed by atoms with E-state index < -0.39 is 18.5 Å². The van der Waals surface area contributed by atoms with Crippen molar-refractivity contribution in [2.24, 2.45) is 5.92 Å². The van der Waals surface area contributed by atoms with E-state index in [1.807, 2.05) is 11.8 Å². The van der Waals surface area contributed by atoms with Gasteiger partial charge < -0.3 is 4.90 Å². The molecule has 4 heterocycles. The van der Waals surface area contributed by atoms with Crippen molar-refractivity contribution in [3.05, 3.63) is 33.4 Å². The third kappa shape index (κ3) is 3.42. The van der Waals surface area contributed by atoms with Crippen molar-refractivity contribution in [2.75, 3.05) is 0 Å².